The van der Waals surface area contributed by atoms with Crippen molar-refractivity contribution in [1.82, 2.24) is 14.5 Å². The second-order valence-electron chi connectivity index (χ2n) is 7.94. The van der Waals surface area contributed by atoms with Crippen molar-refractivity contribution in [2.24, 2.45) is 0 Å². The van der Waals surface area contributed by atoms with E-state index in [9.17, 15) is 0 Å². The minimum Gasteiger partial charge on any atom is -0.384 e. The predicted octanol–water partition coefficient (Wildman–Crippen LogP) is 6.68. The van der Waals surface area contributed by atoms with Gasteiger partial charge in [-0.1, -0.05) is 77.9 Å². The van der Waals surface area contributed by atoms with E-state index in [1.807, 2.05) is 47.0 Å². The average Bonchev–Trinajstić information content (AvgIpc) is 2.80. The third-order valence-electron chi connectivity index (χ3n) is 5.61. The number of aryl methyl sites for hydroxylation is 2. The van der Waals surface area contributed by atoms with Gasteiger partial charge in [0.05, 0.1) is 11.1 Å². The Bertz CT molecular complexity index is 1490. The highest BCUT2D eigenvalue weighted by molar-refractivity contribution is 7.71. The molecule has 0 bridgehead atoms. The van der Waals surface area contributed by atoms with Crippen molar-refractivity contribution >= 4 is 29.1 Å². The van der Waals surface area contributed by atoms with Crippen LogP contribution in [-0.4, -0.2) is 14.5 Å². The van der Waals surface area contributed by atoms with Crippen molar-refractivity contribution in [3.8, 4) is 28.1 Å². The fourth-order valence-electron chi connectivity index (χ4n) is 3.88. The van der Waals surface area contributed by atoms with Crippen molar-refractivity contribution in [3.63, 3.8) is 0 Å². The highest BCUT2D eigenvalue weighted by Crippen LogP contribution is 2.35. The van der Waals surface area contributed by atoms with E-state index in [0.29, 0.717) is 16.2 Å². The lowest BCUT2D eigenvalue weighted by molar-refractivity contribution is 0.986. The Morgan fingerprint density at radius 1 is 0.750 bits per heavy atom. The number of benzene rings is 3. The summed E-state index contributed by atoms with van der Waals surface area (Å²) >= 11 is 5.65. The summed E-state index contributed by atoms with van der Waals surface area (Å²) in [4.78, 5) is 9.57. The Balaban J connectivity index is 1.85. The second kappa shape index (κ2) is 8.02. The number of nitrogens with zero attached hydrogens (tertiary/aromatic N) is 3. The summed E-state index contributed by atoms with van der Waals surface area (Å²) in [6, 6.07) is 28.7. The minimum absolute atomic E-state index is 0.381. The van der Waals surface area contributed by atoms with Gasteiger partial charge in [-0.2, -0.15) is 4.98 Å². The molecule has 3 aromatic carbocycles. The number of pyridine rings is 1. The molecule has 156 valence electrons. The molecule has 4 nitrogen and oxygen atoms in total. The van der Waals surface area contributed by atoms with Gasteiger partial charge in [-0.3, -0.25) is 4.57 Å². The van der Waals surface area contributed by atoms with Crippen molar-refractivity contribution in [2.75, 3.05) is 5.73 Å². The molecule has 0 atom stereocenters. The molecule has 5 heteroatoms. The SMILES string of the molecule is Cc1ccc(-c2cc(-c3ccccc3)c3c(N)n(-c4ccc(C)cc4)c(=S)nc3n2)cc1. The predicted molar refractivity (Wildman–Crippen MR) is 134 cm³/mol. The van der Waals surface area contributed by atoms with Crippen LogP contribution in [0.15, 0.2) is 84.9 Å². The van der Waals surface area contributed by atoms with Crippen LogP contribution in [0.4, 0.5) is 5.82 Å². The lowest BCUT2D eigenvalue weighted by atomic mass is 9.99. The van der Waals surface area contributed by atoms with Gasteiger partial charge in [-0.05, 0) is 55.4 Å². The van der Waals surface area contributed by atoms with Gasteiger partial charge in [-0.25, -0.2) is 4.98 Å². The third-order valence-corrected chi connectivity index (χ3v) is 5.89. The zero-order chi connectivity index (χ0) is 22.2. The van der Waals surface area contributed by atoms with Crippen molar-refractivity contribution in [3.05, 3.63) is 101 Å². The maximum Gasteiger partial charge on any atom is 0.207 e. The fraction of sp³-hybridized carbons (Fsp3) is 0.0741. The van der Waals surface area contributed by atoms with E-state index in [-0.39, 0.29) is 0 Å². The van der Waals surface area contributed by atoms with E-state index in [2.05, 4.69) is 56.3 Å². The van der Waals surface area contributed by atoms with Crippen LogP contribution in [0.2, 0.25) is 0 Å². The van der Waals surface area contributed by atoms with E-state index in [1.54, 1.807) is 0 Å². The molecular weight excluding hydrogens is 412 g/mol. The highest BCUT2D eigenvalue weighted by Gasteiger charge is 2.17. The number of anilines is 1. The molecule has 0 aliphatic rings. The summed E-state index contributed by atoms with van der Waals surface area (Å²) in [5, 5.41) is 0.793. The summed E-state index contributed by atoms with van der Waals surface area (Å²) in [6.07, 6.45) is 0. The number of hydrogen-bond donors (Lipinski definition) is 1. The molecule has 2 N–H and O–H groups in total. The van der Waals surface area contributed by atoms with Crippen LogP contribution < -0.4 is 5.73 Å². The standard InChI is InChI=1S/C27H22N4S/c1-17-8-12-20(13-9-17)23-16-22(19-6-4-3-5-7-19)24-25(28)31(27(32)30-26(24)29-23)21-14-10-18(2)11-15-21/h3-16H,28H2,1-2H3. The van der Waals surface area contributed by atoms with Crippen molar-refractivity contribution < 1.29 is 0 Å². The number of fused-ring (bicyclic) bond motifs is 1. The van der Waals surface area contributed by atoms with E-state index < -0.39 is 0 Å². The Morgan fingerprint density at radius 3 is 2.03 bits per heavy atom. The number of nitrogen functional groups attached to an aromatic ring is 1. The normalized spacial score (nSPS) is 11.1. The van der Waals surface area contributed by atoms with E-state index in [4.69, 9.17) is 27.9 Å². The van der Waals surface area contributed by atoms with Crippen LogP contribution in [-0.2, 0) is 0 Å². The molecule has 5 rings (SSSR count). The minimum atomic E-state index is 0.381. The summed E-state index contributed by atoms with van der Waals surface area (Å²) in [5.74, 6) is 0.533. The first-order chi connectivity index (χ1) is 15.5. The summed E-state index contributed by atoms with van der Waals surface area (Å²) in [5.41, 5.74) is 14.4. The van der Waals surface area contributed by atoms with E-state index >= 15 is 0 Å². The molecule has 32 heavy (non-hydrogen) atoms. The van der Waals surface area contributed by atoms with Gasteiger partial charge < -0.3 is 5.73 Å². The monoisotopic (exact) mass is 434 g/mol. The molecule has 5 aromatic rings. The van der Waals surface area contributed by atoms with Gasteiger partial charge in [-0.15, -0.1) is 0 Å². The summed E-state index contributed by atoms with van der Waals surface area (Å²) < 4.78 is 2.20. The van der Waals surface area contributed by atoms with Crippen LogP contribution in [0.3, 0.4) is 0 Å². The Hall–Kier alpha value is -3.83. The number of nitrogens with two attached hydrogens (primary N) is 1. The van der Waals surface area contributed by atoms with Crippen molar-refractivity contribution in [2.45, 2.75) is 13.8 Å². The summed E-state index contributed by atoms with van der Waals surface area (Å²) in [6.45, 7) is 4.12. The van der Waals surface area contributed by atoms with Gasteiger partial charge in [0.2, 0.25) is 4.77 Å². The first-order valence-electron chi connectivity index (χ1n) is 10.4. The molecule has 2 aromatic heterocycles. The van der Waals surface area contributed by atoms with Gasteiger partial charge in [0.1, 0.15) is 5.82 Å². The number of aromatic nitrogens is 3. The lowest BCUT2D eigenvalue weighted by Gasteiger charge is -2.16. The smallest absolute Gasteiger partial charge is 0.207 e. The first-order valence-corrected chi connectivity index (χ1v) is 10.8. The van der Waals surface area contributed by atoms with Crippen LogP contribution in [0, 0.1) is 18.6 Å². The molecule has 0 saturated heterocycles. The van der Waals surface area contributed by atoms with Gasteiger partial charge in [0.25, 0.3) is 0 Å². The van der Waals surface area contributed by atoms with Crippen LogP contribution >= 0.6 is 12.2 Å². The number of rotatable bonds is 3. The van der Waals surface area contributed by atoms with Crippen LogP contribution in [0.1, 0.15) is 11.1 Å². The maximum absolute atomic E-state index is 6.75. The molecule has 0 saturated carbocycles. The molecule has 0 unspecified atom stereocenters. The van der Waals surface area contributed by atoms with Gasteiger partial charge >= 0.3 is 0 Å². The molecule has 0 aliphatic heterocycles. The molecule has 0 spiro atoms. The molecule has 0 aliphatic carbocycles. The summed E-state index contributed by atoms with van der Waals surface area (Å²) in [7, 11) is 0. The van der Waals surface area contributed by atoms with Crippen LogP contribution in [0.25, 0.3) is 39.1 Å². The van der Waals surface area contributed by atoms with Crippen LogP contribution in [0.5, 0.6) is 0 Å². The second-order valence-corrected chi connectivity index (χ2v) is 8.30. The Labute approximate surface area is 192 Å². The lowest BCUT2D eigenvalue weighted by Crippen LogP contribution is -2.09. The molecule has 0 fully saturated rings. The third kappa shape index (κ3) is 3.57. The Kier molecular flexibility index (Phi) is 5.04. The van der Waals surface area contributed by atoms with Crippen molar-refractivity contribution in [1.29, 1.82) is 0 Å². The maximum atomic E-state index is 6.75. The molecular formula is C27H22N4S. The molecule has 0 amide bonds. The van der Waals surface area contributed by atoms with E-state index in [1.165, 1.54) is 11.1 Å². The average molecular weight is 435 g/mol. The molecule has 2 heterocycles. The zero-order valence-corrected chi connectivity index (χ0v) is 18.7. The topological polar surface area (TPSA) is 56.7 Å². The zero-order valence-electron chi connectivity index (χ0n) is 17.9. The van der Waals surface area contributed by atoms with Gasteiger partial charge in [0, 0.05) is 11.3 Å². The Morgan fingerprint density at radius 2 is 1.38 bits per heavy atom. The first kappa shape index (κ1) is 20.1. The number of hydrogen-bond acceptors (Lipinski definition) is 4. The highest BCUT2D eigenvalue weighted by atomic mass is 32.1. The quantitative estimate of drug-likeness (QED) is 0.322. The largest absolute Gasteiger partial charge is 0.384 e. The fourth-order valence-corrected chi connectivity index (χ4v) is 4.17. The van der Waals surface area contributed by atoms with E-state index in [0.717, 1.165) is 33.5 Å². The van der Waals surface area contributed by atoms with Gasteiger partial charge in [0.15, 0.2) is 5.65 Å². The molecule has 0 radical (unpaired) electrons.